The molecule has 1 unspecified atom stereocenters. The summed E-state index contributed by atoms with van der Waals surface area (Å²) in [5.41, 5.74) is 1.50. The molecule has 20 heavy (non-hydrogen) atoms. The van der Waals surface area contributed by atoms with E-state index in [0.717, 1.165) is 12.1 Å². The molecule has 5 nitrogen and oxygen atoms in total. The van der Waals surface area contributed by atoms with Crippen LogP contribution in [0.15, 0.2) is 30.6 Å². The molecule has 0 spiro atoms. The molecule has 0 amide bonds. The summed E-state index contributed by atoms with van der Waals surface area (Å²) < 4.78 is 8.86. The minimum absolute atomic E-state index is 0.293. The van der Waals surface area contributed by atoms with Crippen LogP contribution in [0.4, 0.5) is 0 Å². The average Bonchev–Trinajstić information content (AvgIpc) is 3.08. The number of ether oxygens (including phenoxy) is 1. The van der Waals surface area contributed by atoms with Crippen molar-refractivity contribution in [3.63, 3.8) is 0 Å². The summed E-state index contributed by atoms with van der Waals surface area (Å²) in [5, 5.41) is 4.55. The molecule has 0 aliphatic rings. The molecule has 5 heteroatoms. The standard InChI is InChI=1S/C15H21N3O2/c1-4-12(3)18-10-8-13(16-18)11-17-9-6-7-14(17)15(19)20-5-2/h6-10,12H,4-5,11H2,1-3H3. The molecule has 0 radical (unpaired) electrons. The van der Waals surface area contributed by atoms with Crippen LogP contribution in [0.2, 0.25) is 0 Å². The van der Waals surface area contributed by atoms with Gasteiger partial charge in [-0.2, -0.15) is 5.10 Å². The Morgan fingerprint density at radius 3 is 2.85 bits per heavy atom. The predicted octanol–water partition coefficient (Wildman–Crippen LogP) is 2.88. The maximum atomic E-state index is 11.8. The number of hydrogen-bond acceptors (Lipinski definition) is 3. The summed E-state index contributed by atoms with van der Waals surface area (Å²) in [6.07, 6.45) is 4.89. The van der Waals surface area contributed by atoms with Gasteiger partial charge in [0.15, 0.2) is 0 Å². The molecule has 2 rings (SSSR count). The van der Waals surface area contributed by atoms with Gasteiger partial charge in [0, 0.05) is 18.4 Å². The summed E-state index contributed by atoms with van der Waals surface area (Å²) in [4.78, 5) is 11.8. The first-order valence-corrected chi connectivity index (χ1v) is 7.02. The first-order valence-electron chi connectivity index (χ1n) is 7.02. The molecule has 2 aromatic rings. The predicted molar refractivity (Wildman–Crippen MR) is 76.7 cm³/mol. The van der Waals surface area contributed by atoms with Crippen LogP contribution >= 0.6 is 0 Å². The van der Waals surface area contributed by atoms with Crippen molar-refractivity contribution in [2.75, 3.05) is 6.61 Å². The Hall–Kier alpha value is -2.04. The van der Waals surface area contributed by atoms with E-state index < -0.39 is 0 Å². The Kier molecular flexibility index (Phi) is 4.61. The quantitative estimate of drug-likeness (QED) is 0.762. The number of carbonyl (C=O) groups excluding carboxylic acids is 1. The van der Waals surface area contributed by atoms with Gasteiger partial charge in [-0.15, -0.1) is 0 Å². The minimum Gasteiger partial charge on any atom is -0.461 e. The smallest absolute Gasteiger partial charge is 0.354 e. The Balaban J connectivity index is 2.12. The summed E-state index contributed by atoms with van der Waals surface area (Å²) in [6.45, 7) is 7.03. The van der Waals surface area contributed by atoms with Crippen molar-refractivity contribution >= 4 is 5.97 Å². The number of rotatable bonds is 6. The third-order valence-electron chi connectivity index (χ3n) is 3.35. The number of esters is 1. The maximum absolute atomic E-state index is 11.8. The molecular weight excluding hydrogens is 254 g/mol. The average molecular weight is 275 g/mol. The van der Waals surface area contributed by atoms with Gasteiger partial charge in [0.05, 0.1) is 18.8 Å². The first kappa shape index (κ1) is 14.4. The first-order chi connectivity index (χ1) is 9.65. The lowest BCUT2D eigenvalue weighted by Crippen LogP contribution is -2.13. The lowest BCUT2D eigenvalue weighted by Gasteiger charge is -2.09. The van der Waals surface area contributed by atoms with Crippen LogP contribution in [-0.2, 0) is 11.3 Å². The highest BCUT2D eigenvalue weighted by Crippen LogP contribution is 2.12. The third-order valence-corrected chi connectivity index (χ3v) is 3.35. The van der Waals surface area contributed by atoms with E-state index in [1.54, 1.807) is 13.0 Å². The fraction of sp³-hybridized carbons (Fsp3) is 0.467. The van der Waals surface area contributed by atoms with Crippen molar-refractivity contribution in [3.8, 4) is 0 Å². The second-order valence-electron chi connectivity index (χ2n) is 4.79. The second-order valence-corrected chi connectivity index (χ2v) is 4.79. The van der Waals surface area contributed by atoms with Gasteiger partial charge < -0.3 is 9.30 Å². The van der Waals surface area contributed by atoms with Gasteiger partial charge in [-0.25, -0.2) is 4.79 Å². The Morgan fingerprint density at radius 1 is 1.35 bits per heavy atom. The van der Waals surface area contributed by atoms with Crippen LogP contribution < -0.4 is 0 Å². The monoisotopic (exact) mass is 275 g/mol. The summed E-state index contributed by atoms with van der Waals surface area (Å²) in [6, 6.07) is 5.99. The fourth-order valence-electron chi connectivity index (χ4n) is 2.01. The van der Waals surface area contributed by atoms with Gasteiger partial charge in [-0.3, -0.25) is 4.68 Å². The van der Waals surface area contributed by atoms with Gasteiger partial charge in [0.1, 0.15) is 5.69 Å². The van der Waals surface area contributed by atoms with Crippen molar-refractivity contribution < 1.29 is 9.53 Å². The molecule has 0 saturated heterocycles. The van der Waals surface area contributed by atoms with E-state index in [2.05, 4.69) is 18.9 Å². The summed E-state index contributed by atoms with van der Waals surface area (Å²) in [5.74, 6) is -0.293. The van der Waals surface area contributed by atoms with E-state index >= 15 is 0 Å². The van der Waals surface area contributed by atoms with Gasteiger partial charge in [-0.1, -0.05) is 6.92 Å². The van der Waals surface area contributed by atoms with Crippen LogP contribution in [0.1, 0.15) is 49.4 Å². The summed E-state index contributed by atoms with van der Waals surface area (Å²) >= 11 is 0. The molecule has 0 aliphatic carbocycles. The number of aromatic nitrogens is 3. The zero-order valence-corrected chi connectivity index (χ0v) is 12.2. The van der Waals surface area contributed by atoms with E-state index in [9.17, 15) is 4.79 Å². The van der Waals surface area contributed by atoms with Gasteiger partial charge >= 0.3 is 5.97 Å². The number of carbonyl (C=O) groups is 1. The van der Waals surface area contributed by atoms with Crippen LogP contribution in [0.3, 0.4) is 0 Å². The maximum Gasteiger partial charge on any atom is 0.354 e. The lowest BCUT2D eigenvalue weighted by molar-refractivity contribution is 0.0514. The number of nitrogens with zero attached hydrogens (tertiary/aromatic N) is 3. The highest BCUT2D eigenvalue weighted by Gasteiger charge is 2.13. The molecule has 0 N–H and O–H groups in total. The van der Waals surface area contributed by atoms with E-state index in [1.807, 2.05) is 33.8 Å². The summed E-state index contributed by atoms with van der Waals surface area (Å²) in [7, 11) is 0. The van der Waals surface area contributed by atoms with E-state index in [1.165, 1.54) is 0 Å². The fourth-order valence-corrected chi connectivity index (χ4v) is 2.01. The van der Waals surface area contributed by atoms with Crippen molar-refractivity contribution in [3.05, 3.63) is 42.0 Å². The molecule has 0 bridgehead atoms. The highest BCUT2D eigenvalue weighted by molar-refractivity contribution is 5.87. The van der Waals surface area contributed by atoms with Crippen LogP contribution in [0.5, 0.6) is 0 Å². The number of hydrogen-bond donors (Lipinski definition) is 0. The van der Waals surface area contributed by atoms with Gasteiger partial charge in [0.25, 0.3) is 0 Å². The van der Waals surface area contributed by atoms with E-state index in [-0.39, 0.29) is 5.97 Å². The normalized spacial score (nSPS) is 12.3. The SMILES string of the molecule is CCOC(=O)c1cccn1Cc1ccn(C(C)CC)n1. The Labute approximate surface area is 119 Å². The Bertz CT molecular complexity index is 571. The molecule has 0 fully saturated rings. The molecule has 0 aliphatic heterocycles. The molecule has 2 heterocycles. The minimum atomic E-state index is -0.293. The van der Waals surface area contributed by atoms with E-state index in [0.29, 0.717) is 24.9 Å². The Morgan fingerprint density at radius 2 is 2.15 bits per heavy atom. The lowest BCUT2D eigenvalue weighted by atomic mass is 10.3. The molecule has 0 aromatic carbocycles. The second kappa shape index (κ2) is 6.41. The van der Waals surface area contributed by atoms with Crippen molar-refractivity contribution in [1.29, 1.82) is 0 Å². The molecule has 1 atom stereocenters. The van der Waals surface area contributed by atoms with Gasteiger partial charge in [0.2, 0.25) is 0 Å². The van der Waals surface area contributed by atoms with Gasteiger partial charge in [-0.05, 0) is 38.5 Å². The van der Waals surface area contributed by atoms with Crippen LogP contribution in [0.25, 0.3) is 0 Å². The molecular formula is C15H21N3O2. The highest BCUT2D eigenvalue weighted by atomic mass is 16.5. The molecule has 2 aromatic heterocycles. The van der Waals surface area contributed by atoms with E-state index in [4.69, 9.17) is 4.74 Å². The zero-order chi connectivity index (χ0) is 14.5. The molecule has 108 valence electrons. The van der Waals surface area contributed by atoms with Crippen molar-refractivity contribution in [1.82, 2.24) is 14.3 Å². The molecule has 0 saturated carbocycles. The topological polar surface area (TPSA) is 49.0 Å². The van der Waals surface area contributed by atoms with Crippen LogP contribution in [-0.4, -0.2) is 26.9 Å². The van der Waals surface area contributed by atoms with Crippen molar-refractivity contribution in [2.45, 2.75) is 39.8 Å². The largest absolute Gasteiger partial charge is 0.461 e. The van der Waals surface area contributed by atoms with Crippen molar-refractivity contribution in [2.24, 2.45) is 0 Å². The van der Waals surface area contributed by atoms with Crippen LogP contribution in [0, 0.1) is 0 Å². The third kappa shape index (κ3) is 3.10. The zero-order valence-electron chi connectivity index (χ0n) is 12.2.